The fourth-order valence-electron chi connectivity index (χ4n) is 1.44. The molecule has 2 N–H and O–H groups in total. The van der Waals surface area contributed by atoms with Crippen LogP contribution in [-0.2, 0) is 6.42 Å². The predicted octanol–water partition coefficient (Wildman–Crippen LogP) is 1.03. The minimum absolute atomic E-state index is 0.191. The van der Waals surface area contributed by atoms with Crippen LogP contribution in [-0.4, -0.2) is 4.98 Å². The number of nitrogens with two attached hydrogens (primary N) is 1. The number of nitrogens with zero attached hydrogens (tertiary/aromatic N) is 1. The summed E-state index contributed by atoms with van der Waals surface area (Å²) in [4.78, 5) is 4.22. The molecule has 0 amide bonds. The molecule has 2 heteroatoms. The van der Waals surface area contributed by atoms with Crippen LogP contribution in [0.2, 0.25) is 0 Å². The number of rotatable bonds is 0. The van der Waals surface area contributed by atoms with Crippen molar-refractivity contribution in [3.63, 3.8) is 0 Å². The Hall–Kier alpha value is -0.890. The van der Waals surface area contributed by atoms with E-state index in [1.54, 1.807) is 0 Å². The van der Waals surface area contributed by atoms with E-state index in [1.165, 1.54) is 5.56 Å². The first-order valence-corrected chi connectivity index (χ1v) is 3.57. The summed E-state index contributed by atoms with van der Waals surface area (Å²) in [6.45, 7) is 0. The van der Waals surface area contributed by atoms with Crippen molar-refractivity contribution in [2.45, 2.75) is 18.9 Å². The smallest absolute Gasteiger partial charge is 0.0602 e. The molecule has 0 aliphatic heterocycles. The van der Waals surface area contributed by atoms with Crippen molar-refractivity contribution in [2.75, 3.05) is 0 Å². The normalized spacial score (nSPS) is 22.7. The van der Waals surface area contributed by atoms with Crippen LogP contribution in [0.25, 0.3) is 0 Å². The molecule has 1 atom stereocenters. The number of aromatic nitrogens is 1. The van der Waals surface area contributed by atoms with Gasteiger partial charge in [-0.05, 0) is 24.5 Å². The van der Waals surface area contributed by atoms with Gasteiger partial charge in [0.15, 0.2) is 0 Å². The minimum Gasteiger partial charge on any atom is -0.323 e. The predicted molar refractivity (Wildman–Crippen MR) is 39.5 cm³/mol. The molecule has 1 aromatic rings. The molecule has 0 saturated carbocycles. The number of aryl methyl sites for hydroxylation is 1. The summed E-state index contributed by atoms with van der Waals surface area (Å²) in [6, 6.07) is 4.27. The third kappa shape index (κ3) is 0.727. The van der Waals surface area contributed by atoms with E-state index in [0.29, 0.717) is 0 Å². The Morgan fingerprint density at radius 1 is 1.60 bits per heavy atom. The lowest BCUT2D eigenvalue weighted by Gasteiger charge is -2.00. The van der Waals surface area contributed by atoms with Crippen LogP contribution < -0.4 is 5.73 Å². The maximum Gasteiger partial charge on any atom is 0.0602 e. The summed E-state index contributed by atoms with van der Waals surface area (Å²) in [5.74, 6) is 0. The van der Waals surface area contributed by atoms with Crippen molar-refractivity contribution in [1.29, 1.82) is 0 Å². The third-order valence-electron chi connectivity index (χ3n) is 2.00. The molecule has 0 spiro atoms. The molecule has 10 heavy (non-hydrogen) atoms. The van der Waals surface area contributed by atoms with E-state index in [4.69, 9.17) is 5.73 Å². The van der Waals surface area contributed by atoms with Crippen molar-refractivity contribution in [1.82, 2.24) is 4.98 Å². The van der Waals surface area contributed by atoms with Gasteiger partial charge >= 0.3 is 0 Å². The molecule has 52 valence electrons. The quantitative estimate of drug-likeness (QED) is 0.575. The zero-order valence-electron chi connectivity index (χ0n) is 5.75. The molecule has 1 aromatic heterocycles. The average molecular weight is 134 g/mol. The molecule has 0 aromatic carbocycles. The van der Waals surface area contributed by atoms with Gasteiger partial charge in [0.25, 0.3) is 0 Å². The van der Waals surface area contributed by atoms with Crippen LogP contribution in [0.5, 0.6) is 0 Å². The van der Waals surface area contributed by atoms with E-state index in [9.17, 15) is 0 Å². The Labute approximate surface area is 60.1 Å². The van der Waals surface area contributed by atoms with Crippen molar-refractivity contribution >= 4 is 0 Å². The minimum atomic E-state index is 0.191. The first-order valence-electron chi connectivity index (χ1n) is 3.57. The summed E-state index contributed by atoms with van der Waals surface area (Å²) in [7, 11) is 0. The lowest BCUT2D eigenvalue weighted by Crippen LogP contribution is -2.06. The summed E-state index contributed by atoms with van der Waals surface area (Å²) in [6.07, 6.45) is 3.97. The molecule has 2 nitrogen and oxygen atoms in total. The average Bonchev–Trinajstić information content (AvgIpc) is 2.34. The number of hydrogen-bond acceptors (Lipinski definition) is 2. The molecular weight excluding hydrogens is 124 g/mol. The molecule has 0 fully saturated rings. The second-order valence-electron chi connectivity index (χ2n) is 2.69. The number of pyridine rings is 1. The fraction of sp³-hybridized carbons (Fsp3) is 0.375. The van der Waals surface area contributed by atoms with E-state index in [1.807, 2.05) is 12.3 Å². The molecule has 0 radical (unpaired) electrons. The topological polar surface area (TPSA) is 38.9 Å². The highest BCUT2D eigenvalue weighted by Crippen LogP contribution is 2.25. The zero-order chi connectivity index (χ0) is 6.97. The Morgan fingerprint density at radius 3 is 3.30 bits per heavy atom. The van der Waals surface area contributed by atoms with Gasteiger partial charge in [-0.15, -0.1) is 0 Å². The summed E-state index contributed by atoms with van der Waals surface area (Å²) in [5.41, 5.74) is 8.21. The first kappa shape index (κ1) is 5.86. The van der Waals surface area contributed by atoms with Gasteiger partial charge in [-0.2, -0.15) is 0 Å². The van der Waals surface area contributed by atoms with Crippen molar-refractivity contribution in [3.05, 3.63) is 29.6 Å². The lowest BCUT2D eigenvalue weighted by molar-refractivity contribution is 0.698. The summed E-state index contributed by atoms with van der Waals surface area (Å²) < 4.78 is 0. The SMILES string of the molecule is NC1CCc2cccnc21. The van der Waals surface area contributed by atoms with Gasteiger partial charge in [-0.3, -0.25) is 4.98 Å². The number of hydrogen-bond donors (Lipinski definition) is 1. The molecule has 1 heterocycles. The maximum absolute atomic E-state index is 5.78. The van der Waals surface area contributed by atoms with Gasteiger partial charge in [0.05, 0.1) is 5.69 Å². The van der Waals surface area contributed by atoms with E-state index >= 15 is 0 Å². The Kier molecular flexibility index (Phi) is 1.21. The van der Waals surface area contributed by atoms with Gasteiger partial charge in [0.1, 0.15) is 0 Å². The monoisotopic (exact) mass is 134 g/mol. The van der Waals surface area contributed by atoms with Crippen LogP contribution in [0.1, 0.15) is 23.7 Å². The Balaban J connectivity index is 2.51. The molecule has 0 bridgehead atoms. The van der Waals surface area contributed by atoms with Crippen LogP contribution in [0.4, 0.5) is 0 Å². The van der Waals surface area contributed by atoms with E-state index < -0.39 is 0 Å². The van der Waals surface area contributed by atoms with E-state index in [0.717, 1.165) is 18.5 Å². The van der Waals surface area contributed by atoms with Crippen LogP contribution in [0, 0.1) is 0 Å². The van der Waals surface area contributed by atoms with Gasteiger partial charge < -0.3 is 5.73 Å². The molecular formula is C8H10N2. The van der Waals surface area contributed by atoms with Gasteiger partial charge in [0, 0.05) is 12.2 Å². The highest BCUT2D eigenvalue weighted by molar-refractivity contribution is 5.27. The van der Waals surface area contributed by atoms with Crippen LogP contribution >= 0.6 is 0 Å². The van der Waals surface area contributed by atoms with Crippen molar-refractivity contribution in [2.24, 2.45) is 5.73 Å². The number of fused-ring (bicyclic) bond motifs is 1. The molecule has 2 rings (SSSR count). The summed E-state index contributed by atoms with van der Waals surface area (Å²) in [5, 5.41) is 0. The molecule has 1 aliphatic rings. The molecule has 0 saturated heterocycles. The third-order valence-corrected chi connectivity index (χ3v) is 2.00. The van der Waals surface area contributed by atoms with Gasteiger partial charge in [-0.25, -0.2) is 0 Å². The highest BCUT2D eigenvalue weighted by Gasteiger charge is 2.18. The van der Waals surface area contributed by atoms with Gasteiger partial charge in [0.2, 0.25) is 0 Å². The molecule has 1 aliphatic carbocycles. The van der Waals surface area contributed by atoms with Gasteiger partial charge in [-0.1, -0.05) is 6.07 Å². The van der Waals surface area contributed by atoms with Crippen LogP contribution in [0.15, 0.2) is 18.3 Å². The zero-order valence-corrected chi connectivity index (χ0v) is 5.75. The van der Waals surface area contributed by atoms with Crippen molar-refractivity contribution in [3.8, 4) is 0 Å². The van der Waals surface area contributed by atoms with Crippen molar-refractivity contribution < 1.29 is 0 Å². The maximum atomic E-state index is 5.78. The van der Waals surface area contributed by atoms with E-state index in [-0.39, 0.29) is 6.04 Å². The molecule has 1 unspecified atom stereocenters. The highest BCUT2D eigenvalue weighted by atomic mass is 14.8. The fourth-order valence-corrected chi connectivity index (χ4v) is 1.44. The standard InChI is InChI=1S/C8H10N2/c9-7-4-3-6-2-1-5-10-8(6)7/h1-2,5,7H,3-4,9H2. The second-order valence-corrected chi connectivity index (χ2v) is 2.69. The second kappa shape index (κ2) is 2.06. The Bertz CT molecular complexity index is 245. The first-order chi connectivity index (χ1) is 4.88. The largest absolute Gasteiger partial charge is 0.323 e. The lowest BCUT2D eigenvalue weighted by atomic mass is 10.2. The van der Waals surface area contributed by atoms with Crippen LogP contribution in [0.3, 0.4) is 0 Å². The Morgan fingerprint density at radius 2 is 2.50 bits per heavy atom. The summed E-state index contributed by atoms with van der Waals surface area (Å²) >= 11 is 0. The van der Waals surface area contributed by atoms with E-state index in [2.05, 4.69) is 11.1 Å².